The molecule has 94 valence electrons. The van der Waals surface area contributed by atoms with Gasteiger partial charge < -0.3 is 10.6 Å². The van der Waals surface area contributed by atoms with E-state index in [1.165, 1.54) is 12.1 Å². The molecule has 1 amide bonds. The van der Waals surface area contributed by atoms with E-state index in [-0.39, 0.29) is 23.8 Å². The van der Waals surface area contributed by atoms with E-state index in [0.717, 1.165) is 12.1 Å². The molecule has 3 nitrogen and oxygen atoms in total. The molecule has 0 aliphatic heterocycles. The highest BCUT2D eigenvalue weighted by atomic mass is 19.1. The fraction of sp³-hybridized carbons (Fsp3) is 0.462. The van der Waals surface area contributed by atoms with Crippen LogP contribution in [0.5, 0.6) is 0 Å². The molecule has 0 saturated carbocycles. The van der Waals surface area contributed by atoms with Crippen molar-refractivity contribution in [2.45, 2.75) is 39.3 Å². The number of amides is 1. The maximum atomic E-state index is 12.7. The average molecular weight is 238 g/mol. The predicted molar refractivity (Wildman–Crippen MR) is 67.4 cm³/mol. The van der Waals surface area contributed by atoms with Crippen LogP contribution in [0.4, 0.5) is 10.1 Å². The number of hydrogen-bond acceptors (Lipinski definition) is 2. The van der Waals surface area contributed by atoms with Crippen molar-refractivity contribution in [1.29, 1.82) is 0 Å². The van der Waals surface area contributed by atoms with Gasteiger partial charge in [0.15, 0.2) is 0 Å². The summed E-state index contributed by atoms with van der Waals surface area (Å²) in [5, 5.41) is 5.91. The molecule has 0 spiro atoms. The molecular weight excluding hydrogens is 219 g/mol. The van der Waals surface area contributed by atoms with Gasteiger partial charge in [0.2, 0.25) is 5.91 Å². The average Bonchev–Trinajstić information content (AvgIpc) is 2.31. The molecule has 0 fully saturated rings. The van der Waals surface area contributed by atoms with Gasteiger partial charge in [0.05, 0.1) is 0 Å². The van der Waals surface area contributed by atoms with Gasteiger partial charge in [-0.05, 0) is 44.5 Å². The Balaban J connectivity index is 2.51. The Morgan fingerprint density at radius 3 is 2.41 bits per heavy atom. The summed E-state index contributed by atoms with van der Waals surface area (Å²) in [5.74, 6) is -0.337. The molecule has 0 bridgehead atoms. The zero-order chi connectivity index (χ0) is 12.8. The second-order valence-corrected chi connectivity index (χ2v) is 4.19. The van der Waals surface area contributed by atoms with Crippen molar-refractivity contribution in [2.75, 3.05) is 5.32 Å². The number of carbonyl (C=O) groups excluding carboxylic acids is 1. The van der Waals surface area contributed by atoms with Gasteiger partial charge in [0, 0.05) is 11.7 Å². The lowest BCUT2D eigenvalue weighted by Gasteiger charge is -2.18. The lowest BCUT2D eigenvalue weighted by atomic mass is 10.2. The Bertz CT molecular complexity index is 364. The molecule has 2 N–H and O–H groups in total. The van der Waals surface area contributed by atoms with Crippen LogP contribution in [0.25, 0.3) is 0 Å². The quantitative estimate of drug-likeness (QED) is 0.827. The SMILES string of the molecule is CCC(C)NC(=O)C(C)Nc1ccc(F)cc1. The van der Waals surface area contributed by atoms with Crippen LogP contribution in [0.1, 0.15) is 27.2 Å². The minimum Gasteiger partial charge on any atom is -0.374 e. The summed E-state index contributed by atoms with van der Waals surface area (Å²) in [7, 11) is 0. The van der Waals surface area contributed by atoms with Crippen molar-refractivity contribution < 1.29 is 9.18 Å². The summed E-state index contributed by atoms with van der Waals surface area (Å²) in [6.07, 6.45) is 0.898. The first-order valence-corrected chi connectivity index (χ1v) is 5.85. The molecule has 1 aromatic rings. The minimum atomic E-state index is -0.338. The zero-order valence-electron chi connectivity index (χ0n) is 10.5. The molecule has 0 saturated heterocycles. The fourth-order valence-electron chi connectivity index (χ4n) is 1.33. The molecule has 0 radical (unpaired) electrons. The van der Waals surface area contributed by atoms with Gasteiger partial charge in [-0.2, -0.15) is 0 Å². The molecule has 0 aromatic heterocycles. The summed E-state index contributed by atoms with van der Waals surface area (Å²) >= 11 is 0. The van der Waals surface area contributed by atoms with E-state index < -0.39 is 0 Å². The van der Waals surface area contributed by atoms with Crippen LogP contribution in [0.2, 0.25) is 0 Å². The summed E-state index contributed by atoms with van der Waals surface area (Å²) in [6, 6.07) is 5.78. The van der Waals surface area contributed by atoms with Crippen LogP contribution in [-0.4, -0.2) is 18.0 Å². The van der Waals surface area contributed by atoms with Crippen LogP contribution in [-0.2, 0) is 4.79 Å². The maximum Gasteiger partial charge on any atom is 0.242 e. The Morgan fingerprint density at radius 2 is 1.88 bits per heavy atom. The van der Waals surface area contributed by atoms with E-state index in [1.54, 1.807) is 19.1 Å². The molecule has 0 aliphatic rings. The van der Waals surface area contributed by atoms with Gasteiger partial charge in [-0.15, -0.1) is 0 Å². The van der Waals surface area contributed by atoms with Gasteiger partial charge in [0.25, 0.3) is 0 Å². The number of hydrogen-bond donors (Lipinski definition) is 2. The smallest absolute Gasteiger partial charge is 0.242 e. The number of anilines is 1. The molecule has 0 aliphatic carbocycles. The third-order valence-corrected chi connectivity index (χ3v) is 2.62. The van der Waals surface area contributed by atoms with E-state index in [9.17, 15) is 9.18 Å². The normalized spacial score (nSPS) is 13.9. The van der Waals surface area contributed by atoms with Crippen molar-refractivity contribution in [3.8, 4) is 0 Å². The van der Waals surface area contributed by atoms with E-state index >= 15 is 0 Å². The van der Waals surface area contributed by atoms with Gasteiger partial charge in [-0.3, -0.25) is 4.79 Å². The predicted octanol–water partition coefficient (Wildman–Crippen LogP) is 2.54. The summed E-state index contributed by atoms with van der Waals surface area (Å²) in [5.41, 5.74) is 0.734. The second-order valence-electron chi connectivity index (χ2n) is 4.19. The summed E-state index contributed by atoms with van der Waals surface area (Å²) < 4.78 is 12.7. The van der Waals surface area contributed by atoms with Crippen molar-refractivity contribution in [3.05, 3.63) is 30.1 Å². The second kappa shape index (κ2) is 6.23. The maximum absolute atomic E-state index is 12.7. The number of benzene rings is 1. The zero-order valence-corrected chi connectivity index (χ0v) is 10.5. The van der Waals surface area contributed by atoms with Crippen molar-refractivity contribution in [1.82, 2.24) is 5.32 Å². The van der Waals surface area contributed by atoms with Crippen LogP contribution < -0.4 is 10.6 Å². The van der Waals surface area contributed by atoms with Gasteiger partial charge in [-0.25, -0.2) is 4.39 Å². The van der Waals surface area contributed by atoms with E-state index in [1.807, 2.05) is 13.8 Å². The van der Waals surface area contributed by atoms with E-state index in [4.69, 9.17) is 0 Å². The Morgan fingerprint density at radius 1 is 1.29 bits per heavy atom. The third kappa shape index (κ3) is 4.43. The number of halogens is 1. The molecule has 2 unspecified atom stereocenters. The topological polar surface area (TPSA) is 41.1 Å². The Kier molecular flexibility index (Phi) is 4.94. The van der Waals surface area contributed by atoms with Gasteiger partial charge in [-0.1, -0.05) is 6.92 Å². The highest BCUT2D eigenvalue weighted by molar-refractivity contribution is 5.84. The van der Waals surface area contributed by atoms with Crippen molar-refractivity contribution >= 4 is 11.6 Å². The highest BCUT2D eigenvalue weighted by Crippen LogP contribution is 2.09. The van der Waals surface area contributed by atoms with E-state index in [0.29, 0.717) is 0 Å². The van der Waals surface area contributed by atoms with Gasteiger partial charge >= 0.3 is 0 Å². The van der Waals surface area contributed by atoms with Gasteiger partial charge in [0.1, 0.15) is 11.9 Å². The van der Waals surface area contributed by atoms with Crippen LogP contribution >= 0.6 is 0 Å². The molecule has 17 heavy (non-hydrogen) atoms. The molecule has 2 atom stereocenters. The lowest BCUT2D eigenvalue weighted by Crippen LogP contribution is -2.41. The monoisotopic (exact) mass is 238 g/mol. The number of rotatable bonds is 5. The fourth-order valence-corrected chi connectivity index (χ4v) is 1.33. The van der Waals surface area contributed by atoms with Crippen molar-refractivity contribution in [3.63, 3.8) is 0 Å². The molecule has 0 heterocycles. The van der Waals surface area contributed by atoms with Crippen LogP contribution in [0.15, 0.2) is 24.3 Å². The molecular formula is C13H19FN2O. The Hall–Kier alpha value is -1.58. The van der Waals surface area contributed by atoms with Crippen LogP contribution in [0.3, 0.4) is 0 Å². The first-order valence-electron chi connectivity index (χ1n) is 5.85. The van der Waals surface area contributed by atoms with Crippen LogP contribution in [0, 0.1) is 5.82 Å². The Labute approximate surface area is 101 Å². The first kappa shape index (κ1) is 13.5. The summed E-state index contributed by atoms with van der Waals surface area (Å²) in [6.45, 7) is 5.76. The first-order chi connectivity index (χ1) is 8.02. The highest BCUT2D eigenvalue weighted by Gasteiger charge is 2.13. The number of nitrogens with one attached hydrogen (secondary N) is 2. The minimum absolute atomic E-state index is 0.0522. The molecule has 1 rings (SSSR count). The van der Waals surface area contributed by atoms with E-state index in [2.05, 4.69) is 10.6 Å². The molecule has 4 heteroatoms. The summed E-state index contributed by atoms with van der Waals surface area (Å²) in [4.78, 5) is 11.7. The standard InChI is InChI=1S/C13H19FN2O/c1-4-9(2)15-13(17)10(3)16-12-7-5-11(14)6-8-12/h5-10,16H,4H2,1-3H3,(H,15,17). The largest absolute Gasteiger partial charge is 0.374 e. The number of carbonyl (C=O) groups is 1. The van der Waals surface area contributed by atoms with Crippen molar-refractivity contribution in [2.24, 2.45) is 0 Å². The molecule has 1 aromatic carbocycles. The third-order valence-electron chi connectivity index (χ3n) is 2.62. The lowest BCUT2D eigenvalue weighted by molar-refractivity contribution is -0.122.